The van der Waals surface area contributed by atoms with Crippen molar-refractivity contribution in [1.29, 1.82) is 0 Å². The van der Waals surface area contributed by atoms with Crippen molar-refractivity contribution >= 4 is 18.2 Å². The van der Waals surface area contributed by atoms with Gasteiger partial charge in [0, 0.05) is 28.3 Å². The van der Waals surface area contributed by atoms with Crippen LogP contribution in [0.1, 0.15) is 42.4 Å². The molecule has 2 amide bonds. The summed E-state index contributed by atoms with van der Waals surface area (Å²) >= 11 is 0. The number of nitrogens with one attached hydrogen (secondary N) is 3. The van der Waals surface area contributed by atoms with Crippen molar-refractivity contribution in [2.45, 2.75) is 40.0 Å². The lowest BCUT2D eigenvalue weighted by Crippen LogP contribution is -2.45. The number of hydrogen-bond acceptors (Lipinski definition) is 8. The van der Waals surface area contributed by atoms with Crippen LogP contribution in [0.25, 0.3) is 16.8 Å². The maximum Gasteiger partial charge on any atom is 0.337 e. The van der Waals surface area contributed by atoms with Gasteiger partial charge in [0.1, 0.15) is 6.61 Å². The van der Waals surface area contributed by atoms with Gasteiger partial charge in [0.25, 0.3) is 0 Å². The Labute approximate surface area is 273 Å². The molecule has 0 bridgehead atoms. The first-order valence-corrected chi connectivity index (χ1v) is 15.3. The van der Waals surface area contributed by atoms with Crippen molar-refractivity contribution in [2.24, 2.45) is 5.10 Å². The molecule has 0 radical (unpaired) electrons. The van der Waals surface area contributed by atoms with Crippen LogP contribution in [0.15, 0.2) is 95.2 Å². The molecule has 0 saturated carbocycles. The minimum absolute atomic E-state index is 0.125. The van der Waals surface area contributed by atoms with Crippen molar-refractivity contribution in [3.63, 3.8) is 0 Å². The largest absolute Gasteiger partial charge is 0.490 e. The molecule has 0 unspecified atom stereocenters. The van der Waals surface area contributed by atoms with Crippen LogP contribution >= 0.6 is 0 Å². The predicted molar refractivity (Wildman–Crippen MR) is 180 cm³/mol. The maximum absolute atomic E-state index is 12.5. The standard InChI is InChI=1S/C36H39N5O6/c1-6-46-31-19-27(34-33(35(43)45-5)23(3)38-36(44)39-34)14-17-30(31)47-21-32(42)40-37-20-28-18-22(2)41(24(28)4)29-15-12-26(13-16-29)25-10-8-7-9-11-25/h7-20,32,34,40,42H,6,21H2,1-5H3,(H2,38,39,44)/b37-20+/t32-,34+/m1/s1. The Morgan fingerprint density at radius 2 is 1.72 bits per heavy atom. The van der Waals surface area contributed by atoms with Crippen LogP contribution in [0.3, 0.4) is 0 Å². The number of allylic oxidation sites excluding steroid dienone is 1. The first-order chi connectivity index (χ1) is 22.7. The van der Waals surface area contributed by atoms with E-state index in [4.69, 9.17) is 14.2 Å². The molecule has 1 aromatic heterocycles. The first-order valence-electron chi connectivity index (χ1n) is 15.3. The van der Waals surface area contributed by atoms with Crippen LogP contribution in [-0.2, 0) is 9.53 Å². The Hall–Kier alpha value is -5.55. The molecular formula is C36H39N5O6. The number of hydrazone groups is 1. The van der Waals surface area contributed by atoms with Crippen LogP contribution in [0.2, 0.25) is 0 Å². The molecule has 4 aromatic rings. The number of rotatable bonds is 12. The Kier molecular flexibility index (Phi) is 10.3. The number of amides is 2. The van der Waals surface area contributed by atoms with E-state index in [1.165, 1.54) is 12.7 Å². The number of nitrogens with zero attached hydrogens (tertiary/aromatic N) is 2. The van der Waals surface area contributed by atoms with E-state index in [0.29, 0.717) is 29.4 Å². The third-order valence-corrected chi connectivity index (χ3v) is 7.80. The number of aliphatic hydroxyl groups excluding tert-OH is 1. The number of ether oxygens (including phenoxy) is 3. The molecule has 11 nitrogen and oxygen atoms in total. The summed E-state index contributed by atoms with van der Waals surface area (Å²) in [7, 11) is 1.28. The second-order valence-electron chi connectivity index (χ2n) is 11.0. The minimum atomic E-state index is -1.12. The number of esters is 1. The van der Waals surface area contributed by atoms with E-state index < -0.39 is 24.3 Å². The molecular weight excluding hydrogens is 598 g/mol. The number of aryl methyl sites for hydroxylation is 1. The van der Waals surface area contributed by atoms with Crippen LogP contribution in [-0.4, -0.2) is 54.4 Å². The molecule has 1 aliphatic heterocycles. The molecule has 1 aliphatic rings. The number of carbonyl (C=O) groups excluding carboxylic acids is 2. The molecule has 11 heteroatoms. The van der Waals surface area contributed by atoms with Crippen molar-refractivity contribution < 1.29 is 28.9 Å². The highest BCUT2D eigenvalue weighted by Gasteiger charge is 2.32. The highest BCUT2D eigenvalue weighted by molar-refractivity contribution is 5.95. The Morgan fingerprint density at radius 1 is 1.00 bits per heavy atom. The summed E-state index contributed by atoms with van der Waals surface area (Å²) in [5.41, 5.74) is 10.3. The highest BCUT2D eigenvalue weighted by atomic mass is 16.5. The summed E-state index contributed by atoms with van der Waals surface area (Å²) in [4.78, 5) is 24.7. The normalized spacial score (nSPS) is 15.2. The van der Waals surface area contributed by atoms with Crippen LogP contribution in [0.4, 0.5) is 4.79 Å². The van der Waals surface area contributed by atoms with Gasteiger partial charge in [0.2, 0.25) is 0 Å². The fourth-order valence-electron chi connectivity index (χ4n) is 5.56. The number of aromatic nitrogens is 1. The lowest BCUT2D eigenvalue weighted by atomic mass is 9.95. The van der Waals surface area contributed by atoms with Crippen molar-refractivity contribution in [2.75, 3.05) is 20.3 Å². The number of carbonyl (C=O) groups is 2. The monoisotopic (exact) mass is 637 g/mol. The van der Waals surface area contributed by atoms with Gasteiger partial charge in [-0.05, 0) is 74.7 Å². The zero-order chi connectivity index (χ0) is 33.5. The van der Waals surface area contributed by atoms with E-state index >= 15 is 0 Å². The number of urea groups is 1. The van der Waals surface area contributed by atoms with Gasteiger partial charge in [-0.15, -0.1) is 0 Å². The van der Waals surface area contributed by atoms with Gasteiger partial charge in [-0.2, -0.15) is 5.10 Å². The summed E-state index contributed by atoms with van der Waals surface area (Å²) < 4.78 is 18.7. The van der Waals surface area contributed by atoms with E-state index in [1.54, 1.807) is 31.3 Å². The Morgan fingerprint density at radius 3 is 2.43 bits per heavy atom. The van der Waals surface area contributed by atoms with Gasteiger partial charge in [-0.25, -0.2) is 9.59 Å². The van der Waals surface area contributed by atoms with Crippen molar-refractivity contribution in [3.05, 3.63) is 113 Å². The average Bonchev–Trinajstić information content (AvgIpc) is 3.36. The van der Waals surface area contributed by atoms with Gasteiger partial charge < -0.3 is 34.5 Å². The fraction of sp³-hybridized carbons (Fsp3) is 0.250. The van der Waals surface area contributed by atoms with Gasteiger partial charge in [0.15, 0.2) is 17.7 Å². The molecule has 0 saturated heterocycles. The molecule has 0 fully saturated rings. The molecule has 2 heterocycles. The SMILES string of the molecule is CCOc1cc([C@@H]2NC(=O)NC(C)=C2C(=O)OC)ccc1OC[C@@H](O)N/N=C/c1cc(C)n(-c2ccc(-c3ccccc3)cc2)c1C. The second kappa shape index (κ2) is 14.7. The number of hydrogen-bond donors (Lipinski definition) is 4. The quantitative estimate of drug-likeness (QED) is 0.0718. The van der Waals surface area contributed by atoms with E-state index in [9.17, 15) is 14.7 Å². The lowest BCUT2D eigenvalue weighted by Gasteiger charge is -2.28. The summed E-state index contributed by atoms with van der Waals surface area (Å²) in [6.45, 7) is 7.75. The van der Waals surface area contributed by atoms with E-state index in [2.05, 4.69) is 62.1 Å². The zero-order valence-electron chi connectivity index (χ0n) is 27.0. The van der Waals surface area contributed by atoms with Crippen LogP contribution < -0.4 is 25.5 Å². The Bertz CT molecular complexity index is 1800. The van der Waals surface area contributed by atoms with Crippen LogP contribution in [0.5, 0.6) is 11.5 Å². The zero-order valence-corrected chi connectivity index (χ0v) is 27.0. The second-order valence-corrected chi connectivity index (χ2v) is 11.0. The van der Waals surface area contributed by atoms with Gasteiger partial charge >= 0.3 is 12.0 Å². The molecule has 0 spiro atoms. The third-order valence-electron chi connectivity index (χ3n) is 7.80. The maximum atomic E-state index is 12.5. The predicted octanol–water partition coefficient (Wildman–Crippen LogP) is 5.28. The molecule has 47 heavy (non-hydrogen) atoms. The summed E-state index contributed by atoms with van der Waals surface area (Å²) in [5.74, 6) is 0.204. The number of methoxy groups -OCH3 is 1. The molecule has 4 N–H and O–H groups in total. The highest BCUT2D eigenvalue weighted by Crippen LogP contribution is 2.35. The van der Waals surface area contributed by atoms with E-state index in [0.717, 1.165) is 28.2 Å². The lowest BCUT2D eigenvalue weighted by molar-refractivity contribution is -0.136. The minimum Gasteiger partial charge on any atom is -0.490 e. The molecule has 0 aliphatic carbocycles. The summed E-state index contributed by atoms with van der Waals surface area (Å²) in [5, 5.41) is 20.2. The topological polar surface area (TPSA) is 135 Å². The summed E-state index contributed by atoms with van der Waals surface area (Å²) in [6, 6.07) is 24.6. The van der Waals surface area contributed by atoms with Crippen molar-refractivity contribution in [3.8, 4) is 28.3 Å². The van der Waals surface area contributed by atoms with E-state index in [1.807, 2.05) is 45.0 Å². The Balaban J connectivity index is 1.23. The van der Waals surface area contributed by atoms with Crippen LogP contribution in [0, 0.1) is 13.8 Å². The van der Waals surface area contributed by atoms with Gasteiger partial charge in [-0.3, -0.25) is 5.43 Å². The van der Waals surface area contributed by atoms with Gasteiger partial charge in [0.05, 0.1) is 31.5 Å². The molecule has 2 atom stereocenters. The molecule has 5 rings (SSSR count). The smallest absolute Gasteiger partial charge is 0.337 e. The van der Waals surface area contributed by atoms with Crippen molar-refractivity contribution in [1.82, 2.24) is 20.6 Å². The fourth-order valence-corrected chi connectivity index (χ4v) is 5.56. The summed E-state index contributed by atoms with van der Waals surface area (Å²) in [6.07, 6.45) is 0.553. The van der Waals surface area contributed by atoms with Gasteiger partial charge in [-0.1, -0.05) is 48.5 Å². The average molecular weight is 638 g/mol. The molecule has 244 valence electrons. The number of benzene rings is 3. The third kappa shape index (κ3) is 7.47. The first kappa shape index (κ1) is 32.8. The van der Waals surface area contributed by atoms with E-state index in [-0.39, 0.29) is 12.2 Å². The number of aliphatic hydroxyl groups is 1. The molecule has 3 aromatic carbocycles.